The molecule has 3 rings (SSSR count). The minimum atomic E-state index is -4.48. The van der Waals surface area contributed by atoms with Crippen LogP contribution < -0.4 is 0 Å². The van der Waals surface area contributed by atoms with Crippen molar-refractivity contribution in [3.8, 4) is 0 Å². The molecule has 0 radical (unpaired) electrons. The molecule has 0 spiro atoms. The van der Waals surface area contributed by atoms with Gasteiger partial charge in [0.1, 0.15) is 5.69 Å². The molecule has 3 aromatic heterocycles. The van der Waals surface area contributed by atoms with Crippen molar-refractivity contribution in [1.29, 1.82) is 0 Å². The van der Waals surface area contributed by atoms with Gasteiger partial charge in [0.15, 0.2) is 10.7 Å². The van der Waals surface area contributed by atoms with Crippen LogP contribution >= 0.6 is 11.8 Å². The monoisotopic (exact) mass is 339 g/mol. The number of thioether (sulfide) groups is 1. The fourth-order valence-corrected chi connectivity index (χ4v) is 2.91. The van der Waals surface area contributed by atoms with Crippen LogP contribution in [-0.4, -0.2) is 15.0 Å². The number of aromatic nitrogens is 3. The van der Waals surface area contributed by atoms with Crippen molar-refractivity contribution < 1.29 is 17.6 Å². The lowest BCUT2D eigenvalue weighted by atomic mass is 10.2. The number of hydrogen-bond acceptors (Lipinski definition) is 5. The second kappa shape index (κ2) is 5.84. The SMILES string of the molecule is Cc1coc2cnc(C(C)Sc3nccc(C(F)(F)F)n3)cc12. The highest BCUT2D eigenvalue weighted by Gasteiger charge is 2.33. The van der Waals surface area contributed by atoms with Gasteiger partial charge in [-0.05, 0) is 31.5 Å². The molecule has 0 amide bonds. The van der Waals surface area contributed by atoms with Gasteiger partial charge in [0, 0.05) is 11.6 Å². The summed E-state index contributed by atoms with van der Waals surface area (Å²) in [7, 11) is 0. The molecule has 1 atom stereocenters. The molecular weight excluding hydrogens is 327 g/mol. The smallest absolute Gasteiger partial charge is 0.433 e. The van der Waals surface area contributed by atoms with Crippen LogP contribution in [0.2, 0.25) is 0 Å². The zero-order valence-corrected chi connectivity index (χ0v) is 13.1. The van der Waals surface area contributed by atoms with Crippen LogP contribution in [0.1, 0.15) is 29.1 Å². The van der Waals surface area contributed by atoms with Crippen LogP contribution in [0.5, 0.6) is 0 Å². The maximum Gasteiger partial charge on any atom is 0.433 e. The molecule has 0 fully saturated rings. The second-order valence-corrected chi connectivity index (χ2v) is 6.31. The van der Waals surface area contributed by atoms with Gasteiger partial charge < -0.3 is 4.42 Å². The third-order valence-electron chi connectivity index (χ3n) is 3.30. The lowest BCUT2D eigenvalue weighted by Crippen LogP contribution is -2.09. The van der Waals surface area contributed by atoms with E-state index in [0.717, 1.165) is 40.7 Å². The Morgan fingerprint density at radius 2 is 2.04 bits per heavy atom. The Morgan fingerprint density at radius 3 is 2.78 bits per heavy atom. The Kier molecular flexibility index (Phi) is 4.01. The quantitative estimate of drug-likeness (QED) is 0.507. The van der Waals surface area contributed by atoms with Crippen molar-refractivity contribution >= 4 is 22.7 Å². The minimum Gasteiger partial charge on any atom is -0.462 e. The summed E-state index contributed by atoms with van der Waals surface area (Å²) in [6.45, 7) is 3.77. The summed E-state index contributed by atoms with van der Waals surface area (Å²) in [4.78, 5) is 11.7. The van der Waals surface area contributed by atoms with Gasteiger partial charge in [-0.1, -0.05) is 11.8 Å². The van der Waals surface area contributed by atoms with Crippen molar-refractivity contribution in [2.75, 3.05) is 0 Å². The highest BCUT2D eigenvalue weighted by atomic mass is 32.2. The normalized spacial score (nSPS) is 13.4. The van der Waals surface area contributed by atoms with Gasteiger partial charge >= 0.3 is 6.18 Å². The van der Waals surface area contributed by atoms with Gasteiger partial charge in [0.2, 0.25) is 0 Å². The summed E-state index contributed by atoms with van der Waals surface area (Å²) < 4.78 is 43.4. The Bertz CT molecular complexity index is 847. The van der Waals surface area contributed by atoms with Gasteiger partial charge in [0.05, 0.1) is 23.4 Å². The summed E-state index contributed by atoms with van der Waals surface area (Å²) in [6, 6.07) is 2.73. The topological polar surface area (TPSA) is 51.8 Å². The average Bonchev–Trinajstić information content (AvgIpc) is 2.87. The Hall–Kier alpha value is -2.09. The number of fused-ring (bicyclic) bond motifs is 1. The number of aryl methyl sites for hydroxylation is 1. The Labute approximate surface area is 134 Å². The molecule has 1 unspecified atom stereocenters. The first kappa shape index (κ1) is 15.8. The van der Waals surface area contributed by atoms with Gasteiger partial charge in [-0.3, -0.25) is 4.98 Å². The van der Waals surface area contributed by atoms with E-state index in [4.69, 9.17) is 4.42 Å². The molecule has 120 valence electrons. The molecule has 3 aromatic rings. The van der Waals surface area contributed by atoms with E-state index in [0.29, 0.717) is 5.58 Å². The zero-order valence-electron chi connectivity index (χ0n) is 12.3. The number of rotatable bonds is 3. The van der Waals surface area contributed by atoms with Crippen molar-refractivity contribution in [2.24, 2.45) is 0 Å². The van der Waals surface area contributed by atoms with Crippen LogP contribution in [0, 0.1) is 6.92 Å². The van der Waals surface area contributed by atoms with E-state index >= 15 is 0 Å². The molecule has 0 N–H and O–H groups in total. The molecule has 0 bridgehead atoms. The van der Waals surface area contributed by atoms with Crippen LogP contribution in [0.25, 0.3) is 11.0 Å². The Morgan fingerprint density at radius 1 is 1.26 bits per heavy atom. The fourth-order valence-electron chi connectivity index (χ4n) is 2.07. The van der Waals surface area contributed by atoms with Crippen LogP contribution in [0.15, 0.2) is 40.4 Å². The molecule has 0 aliphatic rings. The highest BCUT2D eigenvalue weighted by molar-refractivity contribution is 7.99. The Balaban J connectivity index is 1.85. The number of hydrogen-bond donors (Lipinski definition) is 0. The first-order valence-corrected chi connectivity index (χ1v) is 7.63. The van der Waals surface area contributed by atoms with Crippen molar-refractivity contribution in [1.82, 2.24) is 15.0 Å². The standard InChI is InChI=1S/C15H12F3N3OS/c1-8-7-22-12-6-20-11(5-10(8)12)9(2)23-14-19-4-3-13(21-14)15(16,17)18/h3-7,9H,1-2H3. The largest absolute Gasteiger partial charge is 0.462 e. The van der Waals surface area contributed by atoms with Crippen molar-refractivity contribution in [2.45, 2.75) is 30.4 Å². The molecule has 4 nitrogen and oxygen atoms in total. The van der Waals surface area contributed by atoms with E-state index in [9.17, 15) is 13.2 Å². The van der Waals surface area contributed by atoms with E-state index in [1.807, 2.05) is 19.9 Å². The predicted octanol–water partition coefficient (Wildman–Crippen LogP) is 4.80. The molecule has 0 saturated heterocycles. The lowest BCUT2D eigenvalue weighted by molar-refractivity contribution is -0.141. The predicted molar refractivity (Wildman–Crippen MR) is 80.1 cm³/mol. The maximum absolute atomic E-state index is 12.7. The second-order valence-electron chi connectivity index (χ2n) is 5.01. The van der Waals surface area contributed by atoms with Crippen LogP contribution in [0.4, 0.5) is 13.2 Å². The third kappa shape index (κ3) is 3.31. The molecule has 0 saturated carbocycles. The van der Waals surface area contributed by atoms with Crippen LogP contribution in [-0.2, 0) is 6.18 Å². The third-order valence-corrected chi connectivity index (χ3v) is 4.30. The molecule has 0 aliphatic carbocycles. The molecule has 23 heavy (non-hydrogen) atoms. The van der Waals surface area contributed by atoms with Crippen molar-refractivity contribution in [3.05, 3.63) is 47.7 Å². The molecule has 0 aliphatic heterocycles. The van der Waals surface area contributed by atoms with E-state index in [1.54, 1.807) is 12.5 Å². The molecule has 8 heteroatoms. The fraction of sp³-hybridized carbons (Fsp3) is 0.267. The van der Waals surface area contributed by atoms with Gasteiger partial charge in [-0.15, -0.1) is 0 Å². The van der Waals surface area contributed by atoms with E-state index in [-0.39, 0.29) is 10.4 Å². The van der Waals surface area contributed by atoms with Crippen LogP contribution in [0.3, 0.4) is 0 Å². The van der Waals surface area contributed by atoms with Crippen molar-refractivity contribution in [3.63, 3.8) is 0 Å². The zero-order chi connectivity index (χ0) is 16.6. The summed E-state index contributed by atoms with van der Waals surface area (Å²) >= 11 is 1.13. The summed E-state index contributed by atoms with van der Waals surface area (Å²) in [6.07, 6.45) is -0.111. The molecular formula is C15H12F3N3OS. The first-order chi connectivity index (χ1) is 10.8. The first-order valence-electron chi connectivity index (χ1n) is 6.75. The number of nitrogens with zero attached hydrogens (tertiary/aromatic N) is 3. The van der Waals surface area contributed by atoms with E-state index in [1.165, 1.54) is 0 Å². The maximum atomic E-state index is 12.7. The van der Waals surface area contributed by atoms with Gasteiger partial charge in [0.25, 0.3) is 0 Å². The average molecular weight is 339 g/mol. The molecule has 0 aromatic carbocycles. The molecule has 3 heterocycles. The number of halogens is 3. The lowest BCUT2D eigenvalue weighted by Gasteiger charge is -2.11. The van der Waals surface area contributed by atoms with Gasteiger partial charge in [-0.2, -0.15) is 13.2 Å². The van der Waals surface area contributed by atoms with Gasteiger partial charge in [-0.25, -0.2) is 9.97 Å². The summed E-state index contributed by atoms with van der Waals surface area (Å²) in [5, 5.41) is 0.808. The minimum absolute atomic E-state index is 0.0677. The number of alkyl halides is 3. The summed E-state index contributed by atoms with van der Waals surface area (Å²) in [5.74, 6) is 0. The highest BCUT2D eigenvalue weighted by Crippen LogP contribution is 2.35. The number of pyridine rings is 1. The number of furan rings is 1. The van der Waals surface area contributed by atoms with E-state index < -0.39 is 11.9 Å². The summed E-state index contributed by atoms with van der Waals surface area (Å²) in [5.41, 5.74) is 1.44. The van der Waals surface area contributed by atoms with E-state index in [2.05, 4.69) is 15.0 Å².